The monoisotopic (exact) mass is 318 g/mol. The number of nitrogens with zero attached hydrogens (tertiary/aromatic N) is 1. The Labute approximate surface area is 130 Å². The Morgan fingerprint density at radius 2 is 2.22 bits per heavy atom. The van der Waals surface area contributed by atoms with Crippen molar-refractivity contribution >= 4 is 0 Å². The normalized spacial score (nSPS) is 23.5. The van der Waals surface area contributed by atoms with Crippen LogP contribution in [0.3, 0.4) is 0 Å². The molecule has 0 saturated carbocycles. The van der Waals surface area contributed by atoms with Crippen molar-refractivity contribution < 1.29 is 19.4 Å². The van der Waals surface area contributed by atoms with Crippen LogP contribution in [-0.4, -0.2) is 38.6 Å². The van der Waals surface area contributed by atoms with Gasteiger partial charge in [-0.25, -0.2) is 4.79 Å². The molecule has 0 radical (unpaired) electrons. The van der Waals surface area contributed by atoms with E-state index in [1.54, 1.807) is 12.1 Å². The highest BCUT2D eigenvalue weighted by atomic mass is 16.5. The van der Waals surface area contributed by atoms with E-state index in [9.17, 15) is 14.7 Å². The number of nitrogens with one attached hydrogen (secondary N) is 1. The minimum absolute atomic E-state index is 0.0616. The van der Waals surface area contributed by atoms with Crippen molar-refractivity contribution in [1.82, 2.24) is 9.55 Å². The Hall–Kier alpha value is -2.60. The zero-order chi connectivity index (χ0) is 16.4. The van der Waals surface area contributed by atoms with Crippen LogP contribution in [0.15, 0.2) is 38.6 Å². The van der Waals surface area contributed by atoms with E-state index in [0.717, 1.165) is 4.57 Å². The van der Waals surface area contributed by atoms with E-state index >= 15 is 0 Å². The highest BCUT2D eigenvalue weighted by molar-refractivity contribution is 5.36. The van der Waals surface area contributed by atoms with E-state index in [0.29, 0.717) is 5.76 Å². The molecular weight excluding hydrogens is 304 g/mol. The van der Waals surface area contributed by atoms with Crippen molar-refractivity contribution in [2.45, 2.75) is 24.9 Å². The summed E-state index contributed by atoms with van der Waals surface area (Å²) in [5.41, 5.74) is -1.23. The summed E-state index contributed by atoms with van der Waals surface area (Å²) in [6.07, 6.45) is 0.419. The van der Waals surface area contributed by atoms with Crippen molar-refractivity contribution in [3.05, 3.63) is 56.8 Å². The summed E-state index contributed by atoms with van der Waals surface area (Å²) in [6, 6.07) is 3.30. The minimum Gasteiger partial charge on any atom is -0.456 e. The maximum Gasteiger partial charge on any atom is 0.330 e. The molecular formula is C15H14N2O6. The summed E-state index contributed by atoms with van der Waals surface area (Å²) < 4.78 is 11.6. The van der Waals surface area contributed by atoms with Crippen LogP contribution in [0.4, 0.5) is 0 Å². The SMILES string of the molecule is O=c1[nH]c(=O)n([C@H]2C[C@H](O)[C@@H](CO)O2)cc1C#Cc1ccco1. The standard InChI is InChI=1S/C15H14N2O6/c18-8-12-11(19)6-13(23-12)17-7-9(14(20)16-15(17)21)3-4-10-2-1-5-22-10/h1-2,5,7,11-13,18-19H,6,8H2,(H,16,20,21)/t11-,12+,13+/m0/s1. The van der Waals surface area contributed by atoms with Gasteiger partial charge in [-0.15, -0.1) is 0 Å². The molecule has 0 bridgehead atoms. The van der Waals surface area contributed by atoms with Crippen LogP contribution in [0.25, 0.3) is 0 Å². The lowest BCUT2D eigenvalue weighted by molar-refractivity contribution is -0.0459. The highest BCUT2D eigenvalue weighted by Crippen LogP contribution is 2.27. The summed E-state index contributed by atoms with van der Waals surface area (Å²) in [4.78, 5) is 25.9. The average Bonchev–Trinajstić information content (AvgIpc) is 3.15. The third-order valence-electron chi connectivity index (χ3n) is 3.50. The Morgan fingerprint density at radius 3 is 2.87 bits per heavy atom. The molecule has 1 saturated heterocycles. The van der Waals surface area contributed by atoms with Crippen LogP contribution in [-0.2, 0) is 4.74 Å². The smallest absolute Gasteiger partial charge is 0.330 e. The van der Waals surface area contributed by atoms with E-state index < -0.39 is 29.7 Å². The van der Waals surface area contributed by atoms with Gasteiger partial charge in [0.2, 0.25) is 0 Å². The molecule has 3 rings (SSSR count). The van der Waals surface area contributed by atoms with Gasteiger partial charge in [0.15, 0.2) is 5.76 Å². The van der Waals surface area contributed by atoms with Gasteiger partial charge in [0.25, 0.3) is 5.56 Å². The quantitative estimate of drug-likeness (QED) is 0.622. The number of aromatic nitrogens is 2. The number of hydrogen-bond donors (Lipinski definition) is 3. The highest BCUT2D eigenvalue weighted by Gasteiger charge is 2.35. The molecule has 0 aromatic carbocycles. The molecule has 1 fully saturated rings. The van der Waals surface area contributed by atoms with Gasteiger partial charge in [-0.1, -0.05) is 5.92 Å². The van der Waals surface area contributed by atoms with Crippen LogP contribution < -0.4 is 11.2 Å². The molecule has 120 valence electrons. The molecule has 2 aromatic heterocycles. The van der Waals surface area contributed by atoms with Gasteiger partial charge in [-0.2, -0.15) is 0 Å². The average molecular weight is 318 g/mol. The Balaban J connectivity index is 1.95. The molecule has 0 spiro atoms. The number of rotatable bonds is 2. The molecule has 1 aliphatic rings. The van der Waals surface area contributed by atoms with Crippen LogP contribution in [0.1, 0.15) is 24.0 Å². The molecule has 0 aliphatic carbocycles. The first-order valence-electron chi connectivity index (χ1n) is 6.94. The van der Waals surface area contributed by atoms with Crippen LogP contribution in [0, 0.1) is 11.8 Å². The zero-order valence-corrected chi connectivity index (χ0v) is 11.9. The lowest BCUT2D eigenvalue weighted by Gasteiger charge is -2.14. The maximum absolute atomic E-state index is 11.9. The summed E-state index contributed by atoms with van der Waals surface area (Å²) in [5.74, 6) is 5.68. The van der Waals surface area contributed by atoms with Crippen molar-refractivity contribution in [2.75, 3.05) is 6.61 Å². The van der Waals surface area contributed by atoms with E-state index in [1.807, 2.05) is 0 Å². The number of hydrogen-bond acceptors (Lipinski definition) is 6. The molecule has 1 aliphatic heterocycles. The number of aliphatic hydroxyl groups excluding tert-OH is 2. The number of H-pyrrole nitrogens is 1. The van der Waals surface area contributed by atoms with E-state index in [1.165, 1.54) is 12.5 Å². The van der Waals surface area contributed by atoms with Gasteiger partial charge < -0.3 is 19.4 Å². The predicted octanol–water partition coefficient (Wildman–Crippen LogP) is -0.830. The van der Waals surface area contributed by atoms with E-state index in [4.69, 9.17) is 14.3 Å². The van der Waals surface area contributed by atoms with Crippen LogP contribution >= 0.6 is 0 Å². The molecule has 23 heavy (non-hydrogen) atoms. The fraction of sp³-hybridized carbons (Fsp3) is 0.333. The molecule has 0 amide bonds. The molecule has 3 N–H and O–H groups in total. The summed E-state index contributed by atoms with van der Waals surface area (Å²) in [6.45, 7) is -0.360. The zero-order valence-electron chi connectivity index (χ0n) is 11.9. The Morgan fingerprint density at radius 1 is 1.39 bits per heavy atom. The summed E-state index contributed by atoms with van der Waals surface area (Å²) >= 11 is 0. The Kier molecular flexibility index (Phi) is 4.16. The van der Waals surface area contributed by atoms with Gasteiger partial charge in [0.05, 0.1) is 19.0 Å². The van der Waals surface area contributed by atoms with Crippen LogP contribution in [0.2, 0.25) is 0 Å². The fourth-order valence-corrected chi connectivity index (χ4v) is 2.32. The second-order valence-corrected chi connectivity index (χ2v) is 5.05. The first-order valence-corrected chi connectivity index (χ1v) is 6.94. The lowest BCUT2D eigenvalue weighted by Crippen LogP contribution is -2.33. The molecule has 3 heterocycles. The number of aliphatic hydroxyl groups is 2. The molecule has 8 nitrogen and oxygen atoms in total. The third kappa shape index (κ3) is 3.12. The van der Waals surface area contributed by atoms with E-state index in [2.05, 4.69) is 16.8 Å². The van der Waals surface area contributed by atoms with Crippen molar-refractivity contribution in [3.8, 4) is 11.8 Å². The van der Waals surface area contributed by atoms with E-state index in [-0.39, 0.29) is 18.6 Å². The molecule has 8 heteroatoms. The van der Waals surface area contributed by atoms with Gasteiger partial charge in [0.1, 0.15) is 17.9 Å². The predicted molar refractivity (Wildman–Crippen MR) is 77.6 cm³/mol. The van der Waals surface area contributed by atoms with Crippen molar-refractivity contribution in [3.63, 3.8) is 0 Å². The van der Waals surface area contributed by atoms with Crippen molar-refractivity contribution in [2.24, 2.45) is 0 Å². The first kappa shape index (κ1) is 15.3. The topological polar surface area (TPSA) is 118 Å². The van der Waals surface area contributed by atoms with Gasteiger partial charge in [-0.05, 0) is 18.1 Å². The first-order chi connectivity index (χ1) is 11.1. The molecule has 2 aromatic rings. The summed E-state index contributed by atoms with van der Waals surface area (Å²) in [5, 5.41) is 18.8. The van der Waals surface area contributed by atoms with Gasteiger partial charge >= 0.3 is 5.69 Å². The summed E-state index contributed by atoms with van der Waals surface area (Å²) in [7, 11) is 0. The minimum atomic E-state index is -0.888. The number of furan rings is 1. The molecule has 3 atom stereocenters. The second kappa shape index (κ2) is 6.26. The van der Waals surface area contributed by atoms with Gasteiger partial charge in [0, 0.05) is 12.6 Å². The molecule has 0 unspecified atom stereocenters. The third-order valence-corrected chi connectivity index (χ3v) is 3.50. The maximum atomic E-state index is 11.9. The number of aromatic amines is 1. The van der Waals surface area contributed by atoms with Crippen LogP contribution in [0.5, 0.6) is 0 Å². The van der Waals surface area contributed by atoms with Gasteiger partial charge in [-0.3, -0.25) is 14.3 Å². The lowest BCUT2D eigenvalue weighted by atomic mass is 10.2. The largest absolute Gasteiger partial charge is 0.456 e. The Bertz CT molecular complexity index is 855. The number of ether oxygens (including phenoxy) is 1. The fourth-order valence-electron chi connectivity index (χ4n) is 2.32. The second-order valence-electron chi connectivity index (χ2n) is 5.05. The van der Waals surface area contributed by atoms with Crippen molar-refractivity contribution in [1.29, 1.82) is 0 Å².